The average molecular weight is 276 g/mol. The van der Waals surface area contributed by atoms with Crippen LogP contribution in [0.4, 0.5) is 14.5 Å². The van der Waals surface area contributed by atoms with Crippen molar-refractivity contribution in [3.05, 3.63) is 65.2 Å². The third kappa shape index (κ3) is 3.20. The minimum Gasteiger partial charge on any atom is -0.389 e. The Morgan fingerprint density at radius 1 is 1.16 bits per heavy atom. The molecular weight excluding hydrogens is 266 g/mol. The van der Waals surface area contributed by atoms with Gasteiger partial charge in [0.15, 0.2) is 11.6 Å². The largest absolute Gasteiger partial charge is 0.389 e. The molecule has 2 aromatic carbocycles. The van der Waals surface area contributed by atoms with E-state index in [1.165, 1.54) is 18.3 Å². The number of aliphatic imine (C=N–C) groups is 1. The molecule has 96 valence electrons. The number of nitrogens with two attached hydrogens (primary N) is 1. The van der Waals surface area contributed by atoms with Crippen LogP contribution in [-0.4, -0.2) is 11.2 Å². The smallest absolute Gasteiger partial charge is 0.167 e. The fourth-order valence-corrected chi connectivity index (χ4v) is 1.63. The van der Waals surface area contributed by atoms with Crippen molar-refractivity contribution in [3.8, 4) is 0 Å². The van der Waals surface area contributed by atoms with Crippen LogP contribution >= 0.6 is 12.2 Å². The molecule has 2 rings (SSSR count). The van der Waals surface area contributed by atoms with Crippen LogP contribution < -0.4 is 5.73 Å². The number of rotatable bonds is 3. The summed E-state index contributed by atoms with van der Waals surface area (Å²) in [5, 5.41) is 0. The van der Waals surface area contributed by atoms with E-state index in [0.29, 0.717) is 11.3 Å². The quantitative estimate of drug-likeness (QED) is 0.689. The molecule has 19 heavy (non-hydrogen) atoms. The van der Waals surface area contributed by atoms with Gasteiger partial charge >= 0.3 is 0 Å². The van der Waals surface area contributed by atoms with Gasteiger partial charge in [-0.2, -0.15) is 0 Å². The van der Waals surface area contributed by atoms with Crippen LogP contribution in [0.15, 0.2) is 47.5 Å². The zero-order valence-corrected chi connectivity index (χ0v) is 10.6. The SMILES string of the molecule is NC(=S)c1cccc(N=Cc2cccc(F)c2F)c1. The van der Waals surface area contributed by atoms with E-state index in [9.17, 15) is 8.78 Å². The van der Waals surface area contributed by atoms with Crippen LogP contribution in [0.1, 0.15) is 11.1 Å². The van der Waals surface area contributed by atoms with Crippen LogP contribution in [0, 0.1) is 11.6 Å². The van der Waals surface area contributed by atoms with Crippen LogP contribution in [0.3, 0.4) is 0 Å². The van der Waals surface area contributed by atoms with Crippen LogP contribution in [0.5, 0.6) is 0 Å². The van der Waals surface area contributed by atoms with E-state index in [0.717, 1.165) is 6.07 Å². The third-order valence-electron chi connectivity index (χ3n) is 2.46. The number of thiocarbonyl (C=S) groups is 1. The Morgan fingerprint density at radius 2 is 1.89 bits per heavy atom. The predicted molar refractivity (Wildman–Crippen MR) is 75.9 cm³/mol. The highest BCUT2D eigenvalue weighted by Crippen LogP contribution is 2.15. The van der Waals surface area contributed by atoms with E-state index >= 15 is 0 Å². The molecule has 0 bridgehead atoms. The highest BCUT2D eigenvalue weighted by atomic mass is 32.1. The molecule has 2 N–H and O–H groups in total. The minimum atomic E-state index is -0.920. The molecule has 0 amide bonds. The molecule has 0 radical (unpaired) electrons. The molecule has 2 nitrogen and oxygen atoms in total. The molecule has 0 aliphatic rings. The van der Waals surface area contributed by atoms with Gasteiger partial charge < -0.3 is 5.73 Å². The van der Waals surface area contributed by atoms with E-state index < -0.39 is 11.6 Å². The molecule has 0 saturated carbocycles. The lowest BCUT2D eigenvalue weighted by molar-refractivity contribution is 0.507. The molecule has 0 spiro atoms. The summed E-state index contributed by atoms with van der Waals surface area (Å²) in [6.07, 6.45) is 1.26. The van der Waals surface area contributed by atoms with Gasteiger partial charge in [0.05, 0.1) is 5.69 Å². The van der Waals surface area contributed by atoms with Crippen LogP contribution in [0.2, 0.25) is 0 Å². The Bertz CT molecular complexity index is 654. The van der Waals surface area contributed by atoms with E-state index in [4.69, 9.17) is 18.0 Å². The van der Waals surface area contributed by atoms with Crippen molar-refractivity contribution in [3.63, 3.8) is 0 Å². The van der Waals surface area contributed by atoms with Gasteiger partial charge in [-0.1, -0.05) is 36.5 Å². The van der Waals surface area contributed by atoms with Crippen LogP contribution in [0.25, 0.3) is 0 Å². The summed E-state index contributed by atoms with van der Waals surface area (Å²) < 4.78 is 26.4. The van der Waals surface area contributed by atoms with E-state index in [1.54, 1.807) is 24.3 Å². The Hall–Kier alpha value is -2.14. The molecular formula is C14H10F2N2S. The number of hydrogen-bond acceptors (Lipinski definition) is 2. The van der Waals surface area contributed by atoms with Crippen molar-refractivity contribution in [1.29, 1.82) is 0 Å². The number of benzene rings is 2. The first-order chi connectivity index (χ1) is 9.08. The summed E-state index contributed by atoms with van der Waals surface area (Å²) in [5.74, 6) is -1.82. The van der Waals surface area contributed by atoms with Crippen LogP contribution in [-0.2, 0) is 0 Å². The highest BCUT2D eigenvalue weighted by molar-refractivity contribution is 7.80. The van der Waals surface area contributed by atoms with Crippen molar-refractivity contribution >= 4 is 29.1 Å². The van der Waals surface area contributed by atoms with Gasteiger partial charge in [-0.05, 0) is 18.2 Å². The second-order valence-corrected chi connectivity index (χ2v) is 4.26. The zero-order chi connectivity index (χ0) is 13.8. The molecule has 0 saturated heterocycles. The van der Waals surface area contributed by atoms with Crippen molar-refractivity contribution in [2.24, 2.45) is 10.7 Å². The molecule has 0 aliphatic carbocycles. The average Bonchev–Trinajstić information content (AvgIpc) is 2.41. The highest BCUT2D eigenvalue weighted by Gasteiger charge is 2.05. The summed E-state index contributed by atoms with van der Waals surface area (Å²) in [6.45, 7) is 0. The standard InChI is InChI=1S/C14H10F2N2S/c15-12-6-2-4-10(13(12)16)8-18-11-5-1-3-9(7-11)14(17)19/h1-8H,(H2,17,19). The summed E-state index contributed by atoms with van der Waals surface area (Å²) in [5.41, 5.74) is 6.82. The fraction of sp³-hybridized carbons (Fsp3) is 0. The van der Waals surface area contributed by atoms with Crippen molar-refractivity contribution < 1.29 is 8.78 Å². The maximum atomic E-state index is 13.4. The zero-order valence-electron chi connectivity index (χ0n) is 9.81. The first-order valence-electron chi connectivity index (χ1n) is 5.46. The topological polar surface area (TPSA) is 38.4 Å². The van der Waals surface area contributed by atoms with Gasteiger partial charge in [0.2, 0.25) is 0 Å². The second kappa shape index (κ2) is 5.67. The van der Waals surface area contributed by atoms with Crippen molar-refractivity contribution in [2.45, 2.75) is 0 Å². The van der Waals surface area contributed by atoms with Gasteiger partial charge in [0.1, 0.15) is 4.99 Å². The lowest BCUT2D eigenvalue weighted by Crippen LogP contribution is -2.08. The van der Waals surface area contributed by atoms with Crippen molar-refractivity contribution in [2.75, 3.05) is 0 Å². The van der Waals surface area contributed by atoms with Gasteiger partial charge in [-0.15, -0.1) is 0 Å². The lowest BCUT2D eigenvalue weighted by atomic mass is 10.2. The molecule has 0 aliphatic heterocycles. The van der Waals surface area contributed by atoms with Gasteiger partial charge in [-0.25, -0.2) is 8.78 Å². The Kier molecular flexibility index (Phi) is 3.97. The molecule has 0 unspecified atom stereocenters. The molecule has 0 heterocycles. The summed E-state index contributed by atoms with van der Waals surface area (Å²) in [6, 6.07) is 10.8. The van der Waals surface area contributed by atoms with Gasteiger partial charge in [-0.3, -0.25) is 4.99 Å². The monoisotopic (exact) mass is 276 g/mol. The summed E-state index contributed by atoms with van der Waals surface area (Å²) in [7, 11) is 0. The molecule has 2 aromatic rings. The molecule has 0 atom stereocenters. The predicted octanol–water partition coefficient (Wildman–Crippen LogP) is 3.35. The van der Waals surface area contributed by atoms with E-state index in [1.807, 2.05) is 0 Å². The lowest BCUT2D eigenvalue weighted by Gasteiger charge is -2.00. The number of hydrogen-bond donors (Lipinski definition) is 1. The minimum absolute atomic E-state index is 0.0840. The summed E-state index contributed by atoms with van der Waals surface area (Å²) in [4.78, 5) is 4.33. The van der Waals surface area contributed by atoms with Gasteiger partial charge in [0.25, 0.3) is 0 Å². The van der Waals surface area contributed by atoms with E-state index in [-0.39, 0.29) is 10.6 Å². The third-order valence-corrected chi connectivity index (χ3v) is 2.70. The Balaban J connectivity index is 2.30. The molecule has 5 heteroatoms. The Morgan fingerprint density at radius 3 is 2.63 bits per heavy atom. The van der Waals surface area contributed by atoms with Crippen molar-refractivity contribution in [1.82, 2.24) is 0 Å². The first kappa shape index (κ1) is 13.3. The molecule has 0 fully saturated rings. The van der Waals surface area contributed by atoms with E-state index in [2.05, 4.69) is 4.99 Å². The summed E-state index contributed by atoms with van der Waals surface area (Å²) >= 11 is 4.85. The fourth-order valence-electron chi connectivity index (χ4n) is 1.50. The molecule has 0 aromatic heterocycles. The maximum Gasteiger partial charge on any atom is 0.167 e. The first-order valence-corrected chi connectivity index (χ1v) is 5.86. The van der Waals surface area contributed by atoms with Gasteiger partial charge in [0, 0.05) is 17.3 Å². The number of halogens is 2. The maximum absolute atomic E-state index is 13.4. The Labute approximate surface area is 114 Å². The normalized spacial score (nSPS) is 10.8. The number of nitrogens with zero attached hydrogens (tertiary/aromatic N) is 1. The second-order valence-electron chi connectivity index (χ2n) is 3.82.